The molecule has 0 radical (unpaired) electrons. The minimum Gasteiger partial charge on any atom is -0.507 e. The van der Waals surface area contributed by atoms with Crippen LogP contribution < -0.4 is 9.47 Å². The number of nitrogens with zero attached hydrogens (tertiary/aromatic N) is 2. The van der Waals surface area contributed by atoms with Crippen molar-refractivity contribution in [2.24, 2.45) is 0 Å². The number of benzene rings is 2. The number of aliphatic hydroxyl groups excluding tert-OH is 1. The highest BCUT2D eigenvalue weighted by atomic mass is 16.5. The van der Waals surface area contributed by atoms with Gasteiger partial charge < -0.3 is 24.2 Å². The van der Waals surface area contributed by atoms with Crippen LogP contribution in [0.4, 0.5) is 0 Å². The maximum atomic E-state index is 13.4. The Balaban J connectivity index is 1.70. The highest BCUT2D eigenvalue weighted by Crippen LogP contribution is 2.42. The summed E-state index contributed by atoms with van der Waals surface area (Å²) >= 11 is 0. The molecule has 1 atom stereocenters. The van der Waals surface area contributed by atoms with Crippen molar-refractivity contribution in [3.63, 3.8) is 0 Å². The molecule has 198 valence electrons. The fourth-order valence-corrected chi connectivity index (χ4v) is 4.70. The summed E-state index contributed by atoms with van der Waals surface area (Å²) < 4.78 is 17.0. The average molecular weight is 509 g/mol. The fourth-order valence-electron chi connectivity index (χ4n) is 4.70. The van der Waals surface area contributed by atoms with Crippen LogP contribution in [0.25, 0.3) is 5.76 Å². The van der Waals surface area contributed by atoms with Crippen LogP contribution in [0.5, 0.6) is 11.5 Å². The molecule has 2 aliphatic heterocycles. The van der Waals surface area contributed by atoms with Crippen LogP contribution in [0.15, 0.2) is 54.1 Å². The summed E-state index contributed by atoms with van der Waals surface area (Å²) in [5.41, 5.74) is 1.19. The van der Waals surface area contributed by atoms with Gasteiger partial charge in [-0.1, -0.05) is 31.5 Å². The van der Waals surface area contributed by atoms with Gasteiger partial charge in [0.05, 0.1) is 38.0 Å². The third kappa shape index (κ3) is 6.14. The normalized spacial score (nSPS) is 19.8. The molecule has 8 heteroatoms. The van der Waals surface area contributed by atoms with E-state index in [4.69, 9.17) is 14.2 Å². The summed E-state index contributed by atoms with van der Waals surface area (Å²) in [7, 11) is 0. The summed E-state index contributed by atoms with van der Waals surface area (Å²) in [5, 5.41) is 11.4. The van der Waals surface area contributed by atoms with Gasteiger partial charge in [-0.05, 0) is 43.7 Å². The van der Waals surface area contributed by atoms with Gasteiger partial charge in [-0.3, -0.25) is 14.5 Å². The van der Waals surface area contributed by atoms with E-state index in [2.05, 4.69) is 11.8 Å². The van der Waals surface area contributed by atoms with E-state index in [1.54, 1.807) is 29.2 Å². The van der Waals surface area contributed by atoms with E-state index in [9.17, 15) is 14.7 Å². The molecule has 0 bridgehead atoms. The van der Waals surface area contributed by atoms with Gasteiger partial charge in [-0.15, -0.1) is 0 Å². The molecule has 0 aromatic heterocycles. The van der Waals surface area contributed by atoms with E-state index < -0.39 is 17.7 Å². The van der Waals surface area contributed by atoms with Crippen molar-refractivity contribution < 1.29 is 28.9 Å². The zero-order chi connectivity index (χ0) is 26.2. The molecular weight excluding hydrogens is 472 g/mol. The molecule has 2 heterocycles. The number of ketones is 1. The molecule has 2 fully saturated rings. The van der Waals surface area contributed by atoms with Crippen LogP contribution in [0.2, 0.25) is 0 Å². The van der Waals surface area contributed by atoms with Crippen molar-refractivity contribution in [1.82, 2.24) is 9.80 Å². The highest BCUT2D eigenvalue weighted by molar-refractivity contribution is 6.46. The lowest BCUT2D eigenvalue weighted by molar-refractivity contribution is -0.140. The van der Waals surface area contributed by atoms with Gasteiger partial charge in [0, 0.05) is 37.3 Å². The number of amides is 1. The maximum Gasteiger partial charge on any atom is 0.295 e. The van der Waals surface area contributed by atoms with Crippen LogP contribution in [0.3, 0.4) is 0 Å². The Kier molecular flexibility index (Phi) is 9.19. The molecule has 1 N–H and O–H groups in total. The number of hydrogen-bond donors (Lipinski definition) is 1. The summed E-state index contributed by atoms with van der Waals surface area (Å²) in [4.78, 5) is 30.4. The minimum atomic E-state index is -0.760. The van der Waals surface area contributed by atoms with Crippen molar-refractivity contribution in [2.75, 3.05) is 52.6 Å². The Hall–Kier alpha value is -3.36. The average Bonchev–Trinajstić information content (AvgIpc) is 3.18. The number of carbonyl (C=O) groups excluding carboxylic acids is 2. The van der Waals surface area contributed by atoms with E-state index in [1.165, 1.54) is 0 Å². The van der Waals surface area contributed by atoms with Crippen LogP contribution in [-0.4, -0.2) is 79.2 Å². The Labute approximate surface area is 218 Å². The zero-order valence-corrected chi connectivity index (χ0v) is 21.7. The lowest BCUT2D eigenvalue weighted by Gasteiger charge is -2.31. The summed E-state index contributed by atoms with van der Waals surface area (Å²) in [6, 6.07) is 13.6. The van der Waals surface area contributed by atoms with Gasteiger partial charge in [0.1, 0.15) is 17.3 Å². The number of morpholine rings is 1. The summed E-state index contributed by atoms with van der Waals surface area (Å²) in [6.07, 6.45) is 1.99. The Morgan fingerprint density at radius 1 is 1.00 bits per heavy atom. The first kappa shape index (κ1) is 26.7. The number of Topliss-reactive ketones (excluding diaryl/α,β-unsaturated/α-hetero) is 1. The number of rotatable bonds is 11. The van der Waals surface area contributed by atoms with Gasteiger partial charge in [0.25, 0.3) is 11.7 Å². The summed E-state index contributed by atoms with van der Waals surface area (Å²) in [5.74, 6) is -0.249. The number of aliphatic hydroxyl groups is 1. The molecule has 1 amide bonds. The lowest BCUT2D eigenvalue weighted by Crippen LogP contribution is -2.42. The second-order valence-electron chi connectivity index (χ2n) is 9.14. The molecule has 2 saturated heterocycles. The Morgan fingerprint density at radius 3 is 2.43 bits per heavy atom. The second-order valence-corrected chi connectivity index (χ2v) is 9.14. The fraction of sp³-hybridized carbons (Fsp3) is 0.448. The van der Waals surface area contributed by atoms with E-state index in [0.29, 0.717) is 62.1 Å². The third-order valence-electron chi connectivity index (χ3n) is 6.71. The van der Waals surface area contributed by atoms with Crippen molar-refractivity contribution in [3.8, 4) is 11.5 Å². The lowest BCUT2D eigenvalue weighted by atomic mass is 9.94. The molecule has 0 aliphatic carbocycles. The molecule has 8 nitrogen and oxygen atoms in total. The highest BCUT2D eigenvalue weighted by Gasteiger charge is 2.47. The number of para-hydroxylation sites is 1. The van der Waals surface area contributed by atoms with Crippen molar-refractivity contribution in [2.45, 2.75) is 32.7 Å². The van der Waals surface area contributed by atoms with Crippen LogP contribution >= 0.6 is 0 Å². The summed E-state index contributed by atoms with van der Waals surface area (Å²) in [6.45, 7) is 8.82. The Morgan fingerprint density at radius 2 is 1.73 bits per heavy atom. The standard InChI is InChI=1S/C29H36N2O6/c1-3-5-18-37-22-12-10-21(11-13-22)27(32)25-26(23-8-6-7-9-24(23)36-4-2)31(29(34)28(25)33)15-14-30-16-19-35-20-17-30/h6-13,26,32H,3-5,14-20H2,1-2H3/b27-25+. The number of unbranched alkanes of at least 4 members (excludes halogenated alkanes) is 1. The van der Waals surface area contributed by atoms with Crippen LogP contribution in [-0.2, 0) is 14.3 Å². The van der Waals surface area contributed by atoms with E-state index in [-0.39, 0.29) is 11.3 Å². The van der Waals surface area contributed by atoms with E-state index in [0.717, 1.165) is 25.9 Å². The van der Waals surface area contributed by atoms with Crippen molar-refractivity contribution >= 4 is 17.4 Å². The first-order chi connectivity index (χ1) is 18.0. The van der Waals surface area contributed by atoms with Crippen LogP contribution in [0, 0.1) is 0 Å². The molecular formula is C29H36N2O6. The van der Waals surface area contributed by atoms with Gasteiger partial charge in [0.2, 0.25) is 0 Å². The zero-order valence-electron chi connectivity index (χ0n) is 21.7. The van der Waals surface area contributed by atoms with Crippen molar-refractivity contribution in [3.05, 3.63) is 65.2 Å². The number of ether oxygens (including phenoxy) is 3. The molecule has 2 aromatic carbocycles. The van der Waals surface area contributed by atoms with Gasteiger partial charge in [-0.2, -0.15) is 0 Å². The van der Waals surface area contributed by atoms with Gasteiger partial charge in [-0.25, -0.2) is 0 Å². The predicted molar refractivity (Wildman–Crippen MR) is 141 cm³/mol. The largest absolute Gasteiger partial charge is 0.507 e. The number of carbonyl (C=O) groups is 2. The van der Waals surface area contributed by atoms with E-state index in [1.807, 2.05) is 31.2 Å². The van der Waals surface area contributed by atoms with E-state index >= 15 is 0 Å². The molecule has 37 heavy (non-hydrogen) atoms. The molecule has 1 unspecified atom stereocenters. The molecule has 0 saturated carbocycles. The first-order valence-electron chi connectivity index (χ1n) is 13.1. The quantitative estimate of drug-likeness (QED) is 0.212. The van der Waals surface area contributed by atoms with Crippen molar-refractivity contribution in [1.29, 1.82) is 0 Å². The molecule has 2 aromatic rings. The third-order valence-corrected chi connectivity index (χ3v) is 6.71. The first-order valence-corrected chi connectivity index (χ1v) is 13.1. The maximum absolute atomic E-state index is 13.4. The van der Waals surface area contributed by atoms with Gasteiger partial charge >= 0.3 is 0 Å². The van der Waals surface area contributed by atoms with Gasteiger partial charge in [0.15, 0.2) is 0 Å². The topological polar surface area (TPSA) is 88.5 Å². The molecule has 4 rings (SSSR count). The SMILES string of the molecule is CCCCOc1ccc(/C(O)=C2\C(=O)C(=O)N(CCN3CCOCC3)C2c2ccccc2OCC)cc1. The smallest absolute Gasteiger partial charge is 0.295 e. The number of likely N-dealkylation sites (tertiary alicyclic amines) is 1. The monoisotopic (exact) mass is 508 g/mol. The minimum absolute atomic E-state index is 0.0683. The number of hydrogen-bond acceptors (Lipinski definition) is 7. The Bertz CT molecular complexity index is 1110. The molecule has 2 aliphatic rings. The predicted octanol–water partition coefficient (Wildman–Crippen LogP) is 4.02. The second kappa shape index (κ2) is 12.7. The molecule has 0 spiro atoms. The van der Waals surface area contributed by atoms with Crippen LogP contribution in [0.1, 0.15) is 43.9 Å².